The summed E-state index contributed by atoms with van der Waals surface area (Å²) >= 11 is 1.32. The molecule has 0 bridgehead atoms. The number of benzene rings is 2. The van der Waals surface area contributed by atoms with Gasteiger partial charge in [-0.2, -0.15) is 15.0 Å². The number of carbonyl (C=O) groups is 2. The zero-order valence-corrected chi connectivity index (χ0v) is 17.4. The van der Waals surface area contributed by atoms with Crippen molar-refractivity contribution in [3.63, 3.8) is 0 Å². The van der Waals surface area contributed by atoms with E-state index in [2.05, 4.69) is 20.3 Å². The van der Waals surface area contributed by atoms with Gasteiger partial charge in [-0.1, -0.05) is 23.9 Å². The Morgan fingerprint density at radius 2 is 1.97 bits per heavy atom. The van der Waals surface area contributed by atoms with Gasteiger partial charge in [-0.15, -0.1) is 0 Å². The zero-order chi connectivity index (χ0) is 22.3. The normalized spacial score (nSPS) is 18.9. The van der Waals surface area contributed by atoms with Gasteiger partial charge in [0.25, 0.3) is 0 Å². The highest BCUT2D eigenvalue weighted by Crippen LogP contribution is 2.56. The van der Waals surface area contributed by atoms with E-state index in [9.17, 15) is 14.0 Å². The molecule has 1 amide bonds. The molecule has 5 rings (SSSR count). The van der Waals surface area contributed by atoms with Crippen LogP contribution < -0.4 is 16.0 Å². The number of hydrogen-bond acceptors (Lipinski definition) is 9. The number of esters is 1. The van der Waals surface area contributed by atoms with Crippen LogP contribution in [0.5, 0.6) is 0 Å². The molecule has 2 aliphatic rings. The van der Waals surface area contributed by atoms with Crippen molar-refractivity contribution in [2.45, 2.75) is 29.2 Å². The van der Waals surface area contributed by atoms with Crippen molar-refractivity contribution in [1.29, 1.82) is 0 Å². The molecule has 11 heteroatoms. The number of fused-ring (bicyclic) bond motifs is 3. The maximum Gasteiger partial charge on any atom is 0.343 e. The van der Waals surface area contributed by atoms with Crippen LogP contribution in [0.15, 0.2) is 53.4 Å². The van der Waals surface area contributed by atoms with Crippen molar-refractivity contribution in [3.8, 4) is 0 Å². The van der Waals surface area contributed by atoms with Crippen LogP contribution in [0.3, 0.4) is 0 Å². The van der Waals surface area contributed by atoms with Crippen LogP contribution in [0.25, 0.3) is 0 Å². The standard InChI is InChI=1S/C21H17FN6O3S/c22-12-5-7-13(8-6-12)24-20-26-16(25-19(23)27-20)11-31-18(30)21-10-9-17(29)28(21)14-3-1-2-4-15(14)32-21/h1-8H,9-11H2,(H3,23,24,25,26,27). The molecule has 0 aliphatic carbocycles. The molecule has 1 unspecified atom stereocenters. The van der Waals surface area contributed by atoms with Gasteiger partial charge in [0.1, 0.15) is 5.82 Å². The smallest absolute Gasteiger partial charge is 0.343 e. The maximum absolute atomic E-state index is 13.1. The quantitative estimate of drug-likeness (QED) is 0.562. The lowest BCUT2D eigenvalue weighted by Gasteiger charge is -2.28. The summed E-state index contributed by atoms with van der Waals surface area (Å²) in [5.74, 6) is -0.818. The van der Waals surface area contributed by atoms with E-state index in [0.717, 1.165) is 4.90 Å². The van der Waals surface area contributed by atoms with Gasteiger partial charge in [-0.25, -0.2) is 9.18 Å². The molecule has 2 aliphatic heterocycles. The first-order valence-corrected chi connectivity index (χ1v) is 10.6. The number of nitrogens with two attached hydrogens (primary N) is 1. The topological polar surface area (TPSA) is 123 Å². The van der Waals surface area contributed by atoms with Gasteiger partial charge in [-0.3, -0.25) is 9.69 Å². The largest absolute Gasteiger partial charge is 0.455 e. The van der Waals surface area contributed by atoms with E-state index in [1.807, 2.05) is 24.3 Å². The Kier molecular flexibility index (Phi) is 4.89. The minimum Gasteiger partial charge on any atom is -0.455 e. The summed E-state index contributed by atoms with van der Waals surface area (Å²) in [5, 5.41) is 2.90. The van der Waals surface area contributed by atoms with Crippen molar-refractivity contribution in [3.05, 3.63) is 60.2 Å². The summed E-state index contributed by atoms with van der Waals surface area (Å²) in [7, 11) is 0. The van der Waals surface area contributed by atoms with E-state index in [0.29, 0.717) is 17.8 Å². The highest BCUT2D eigenvalue weighted by Gasteiger charge is 2.58. The van der Waals surface area contributed by atoms with Crippen LogP contribution in [-0.4, -0.2) is 31.7 Å². The second-order valence-electron chi connectivity index (χ2n) is 7.22. The highest BCUT2D eigenvalue weighted by molar-refractivity contribution is 8.02. The predicted octanol–water partition coefficient (Wildman–Crippen LogP) is 3.01. The summed E-state index contributed by atoms with van der Waals surface area (Å²) in [5.41, 5.74) is 7.04. The van der Waals surface area contributed by atoms with Gasteiger partial charge in [-0.05, 0) is 36.4 Å². The summed E-state index contributed by atoms with van der Waals surface area (Å²) in [4.78, 5) is 39.1. The number of anilines is 4. The second-order valence-corrected chi connectivity index (χ2v) is 8.54. The number of nitrogen functional groups attached to an aromatic ring is 1. The minimum absolute atomic E-state index is 0.0610. The Labute approximate surface area is 186 Å². The fraction of sp³-hybridized carbons (Fsp3) is 0.190. The van der Waals surface area contributed by atoms with Crippen molar-refractivity contribution < 1.29 is 18.7 Å². The second kappa shape index (κ2) is 7.75. The van der Waals surface area contributed by atoms with E-state index >= 15 is 0 Å². The number of thioether (sulfide) groups is 1. The molecule has 0 spiro atoms. The first-order valence-electron chi connectivity index (χ1n) is 9.76. The number of nitrogens with zero attached hydrogens (tertiary/aromatic N) is 4. The van der Waals surface area contributed by atoms with Crippen LogP contribution in [0.1, 0.15) is 18.7 Å². The minimum atomic E-state index is -1.13. The lowest BCUT2D eigenvalue weighted by atomic mass is 10.2. The summed E-state index contributed by atoms with van der Waals surface area (Å²) in [6.07, 6.45) is 0.613. The third-order valence-electron chi connectivity index (χ3n) is 5.12. The number of nitrogens with one attached hydrogen (secondary N) is 1. The van der Waals surface area contributed by atoms with Crippen LogP contribution in [-0.2, 0) is 20.9 Å². The summed E-state index contributed by atoms with van der Waals surface area (Å²) < 4.78 is 18.6. The van der Waals surface area contributed by atoms with Crippen LogP contribution in [0.4, 0.5) is 27.7 Å². The molecule has 9 nitrogen and oxygen atoms in total. The zero-order valence-electron chi connectivity index (χ0n) is 16.6. The van der Waals surface area contributed by atoms with Crippen molar-refractivity contribution >= 4 is 46.9 Å². The van der Waals surface area contributed by atoms with Gasteiger partial charge in [0.2, 0.25) is 17.8 Å². The molecule has 1 aromatic heterocycles. The Bertz CT molecular complexity index is 1220. The molecule has 1 saturated heterocycles. The number of hydrogen-bond donors (Lipinski definition) is 2. The van der Waals surface area contributed by atoms with E-state index in [1.54, 1.807) is 0 Å². The Hall–Kier alpha value is -3.73. The molecule has 3 aromatic rings. The molecule has 0 radical (unpaired) electrons. The fourth-order valence-corrected chi connectivity index (χ4v) is 5.15. The predicted molar refractivity (Wildman–Crippen MR) is 115 cm³/mol. The van der Waals surface area contributed by atoms with Crippen LogP contribution >= 0.6 is 11.8 Å². The summed E-state index contributed by atoms with van der Waals surface area (Å²) in [6, 6.07) is 13.0. The van der Waals surface area contributed by atoms with Crippen molar-refractivity contribution in [2.24, 2.45) is 0 Å². The number of halogens is 1. The Morgan fingerprint density at radius 1 is 1.19 bits per heavy atom. The third kappa shape index (κ3) is 3.50. The number of carbonyl (C=O) groups excluding carboxylic acids is 2. The van der Waals surface area contributed by atoms with Crippen molar-refractivity contribution in [1.82, 2.24) is 15.0 Å². The van der Waals surface area contributed by atoms with Gasteiger partial charge >= 0.3 is 5.97 Å². The van der Waals surface area contributed by atoms with E-state index in [-0.39, 0.29) is 42.5 Å². The Balaban J connectivity index is 1.33. The number of rotatable bonds is 5. The highest BCUT2D eigenvalue weighted by atomic mass is 32.2. The molecule has 2 aromatic carbocycles. The third-order valence-corrected chi connectivity index (χ3v) is 6.58. The van der Waals surface area contributed by atoms with Gasteiger partial charge in [0, 0.05) is 23.4 Å². The summed E-state index contributed by atoms with van der Waals surface area (Å²) in [6.45, 7) is -0.246. The van der Waals surface area contributed by atoms with Gasteiger partial charge < -0.3 is 15.8 Å². The lowest BCUT2D eigenvalue weighted by molar-refractivity contribution is -0.148. The number of aromatic nitrogens is 3. The maximum atomic E-state index is 13.1. The average Bonchev–Trinajstić information content (AvgIpc) is 3.29. The first-order chi connectivity index (χ1) is 15.4. The van der Waals surface area contributed by atoms with Gasteiger partial charge in [0.05, 0.1) is 5.69 Å². The van der Waals surface area contributed by atoms with Crippen LogP contribution in [0.2, 0.25) is 0 Å². The monoisotopic (exact) mass is 452 g/mol. The van der Waals surface area contributed by atoms with E-state index < -0.39 is 10.8 Å². The number of amides is 1. The molecule has 1 fully saturated rings. The number of para-hydroxylation sites is 1. The average molecular weight is 452 g/mol. The number of ether oxygens (including phenoxy) is 1. The van der Waals surface area contributed by atoms with E-state index in [1.165, 1.54) is 40.9 Å². The van der Waals surface area contributed by atoms with Crippen LogP contribution in [0, 0.1) is 5.82 Å². The molecular formula is C21H17FN6O3S. The molecule has 162 valence electrons. The molecule has 3 N–H and O–H groups in total. The van der Waals surface area contributed by atoms with E-state index in [4.69, 9.17) is 10.5 Å². The molecule has 32 heavy (non-hydrogen) atoms. The molecule has 3 heterocycles. The molecular weight excluding hydrogens is 435 g/mol. The SMILES string of the molecule is Nc1nc(COC(=O)C23CCC(=O)N2c2ccccc2S3)nc(Nc2ccc(F)cc2)n1. The molecule has 1 atom stereocenters. The Morgan fingerprint density at radius 3 is 2.78 bits per heavy atom. The lowest BCUT2D eigenvalue weighted by Crippen LogP contribution is -2.47. The fourth-order valence-electron chi connectivity index (χ4n) is 3.74. The van der Waals surface area contributed by atoms with Crippen molar-refractivity contribution in [2.75, 3.05) is 16.0 Å². The van der Waals surface area contributed by atoms with Gasteiger partial charge in [0.15, 0.2) is 17.3 Å². The molecule has 0 saturated carbocycles. The first kappa shape index (κ1) is 20.2.